The van der Waals surface area contributed by atoms with Crippen molar-refractivity contribution in [1.29, 1.82) is 0 Å². The summed E-state index contributed by atoms with van der Waals surface area (Å²) < 4.78 is 10.9. The van der Waals surface area contributed by atoms with Gasteiger partial charge in [-0.25, -0.2) is 4.79 Å². The van der Waals surface area contributed by atoms with Gasteiger partial charge < -0.3 is 9.47 Å². The lowest BCUT2D eigenvalue weighted by Gasteiger charge is -2.19. The number of hydrogen-bond acceptors (Lipinski definition) is 3. The second kappa shape index (κ2) is 6.84. The van der Waals surface area contributed by atoms with E-state index in [0.717, 1.165) is 12.0 Å². The third-order valence-electron chi connectivity index (χ3n) is 2.40. The first-order valence-electron chi connectivity index (χ1n) is 6.12. The molecule has 0 N–H and O–H groups in total. The topological polar surface area (TPSA) is 35.5 Å². The van der Waals surface area contributed by atoms with E-state index in [1.165, 1.54) is 0 Å². The smallest absolute Gasteiger partial charge is 0.336 e. The molecule has 0 bridgehead atoms. The van der Waals surface area contributed by atoms with Crippen molar-refractivity contribution in [3.05, 3.63) is 42.0 Å². The molecule has 0 saturated carbocycles. The van der Waals surface area contributed by atoms with Crippen LogP contribution in [0.3, 0.4) is 0 Å². The molecule has 3 heteroatoms. The minimum Gasteiger partial charge on any atom is -0.455 e. The minimum atomic E-state index is -0.554. The van der Waals surface area contributed by atoms with Crippen LogP contribution >= 0.6 is 0 Å². The van der Waals surface area contributed by atoms with Crippen molar-refractivity contribution in [2.75, 3.05) is 0 Å². The van der Waals surface area contributed by atoms with E-state index in [2.05, 4.69) is 6.58 Å². The van der Waals surface area contributed by atoms with Gasteiger partial charge in [0.15, 0.2) is 0 Å². The van der Waals surface area contributed by atoms with E-state index in [9.17, 15) is 4.79 Å². The van der Waals surface area contributed by atoms with Crippen LogP contribution in [0.5, 0.6) is 5.75 Å². The molecule has 3 nitrogen and oxygen atoms in total. The number of benzene rings is 1. The fraction of sp³-hybridized carbons (Fsp3) is 0.400. The number of carbonyl (C=O) groups excluding carboxylic acids is 1. The van der Waals surface area contributed by atoms with Crippen LogP contribution in [0.25, 0.3) is 0 Å². The van der Waals surface area contributed by atoms with Gasteiger partial charge in [0.2, 0.25) is 6.29 Å². The number of hydrogen-bond donors (Lipinski definition) is 0. The van der Waals surface area contributed by atoms with Crippen molar-refractivity contribution in [2.24, 2.45) is 0 Å². The number of ether oxygens (including phenoxy) is 2. The predicted molar refractivity (Wildman–Crippen MR) is 71.4 cm³/mol. The van der Waals surface area contributed by atoms with Crippen LogP contribution in [-0.2, 0) is 9.53 Å². The van der Waals surface area contributed by atoms with E-state index in [4.69, 9.17) is 9.47 Å². The standard InChI is InChI=1S/C15H20O3/c1-5-6-14(18-15(16)11(2)3)17-13-9-7-12(4)8-10-13/h7-10,14H,2,5-6H2,1,3-4H3. The fourth-order valence-corrected chi connectivity index (χ4v) is 1.37. The first-order valence-corrected chi connectivity index (χ1v) is 6.12. The molecule has 0 heterocycles. The highest BCUT2D eigenvalue weighted by Crippen LogP contribution is 2.16. The van der Waals surface area contributed by atoms with Gasteiger partial charge in [-0.2, -0.15) is 0 Å². The highest BCUT2D eigenvalue weighted by Gasteiger charge is 2.15. The normalized spacial score (nSPS) is 11.7. The molecule has 0 spiro atoms. The van der Waals surface area contributed by atoms with Gasteiger partial charge in [0, 0.05) is 12.0 Å². The van der Waals surface area contributed by atoms with Crippen LogP contribution in [0.15, 0.2) is 36.4 Å². The van der Waals surface area contributed by atoms with Crippen molar-refractivity contribution >= 4 is 5.97 Å². The Morgan fingerprint density at radius 2 is 1.94 bits per heavy atom. The van der Waals surface area contributed by atoms with Gasteiger partial charge >= 0.3 is 5.97 Å². The van der Waals surface area contributed by atoms with E-state index in [-0.39, 0.29) is 0 Å². The summed E-state index contributed by atoms with van der Waals surface area (Å²) in [6.45, 7) is 9.20. The van der Waals surface area contributed by atoms with Gasteiger partial charge in [-0.05, 0) is 32.4 Å². The van der Waals surface area contributed by atoms with Gasteiger partial charge in [0.1, 0.15) is 5.75 Å². The number of carbonyl (C=O) groups is 1. The Labute approximate surface area is 108 Å². The van der Waals surface area contributed by atoms with Crippen molar-refractivity contribution in [3.8, 4) is 5.75 Å². The maximum Gasteiger partial charge on any atom is 0.336 e. The number of rotatable bonds is 6. The summed E-state index contributed by atoms with van der Waals surface area (Å²) in [6.07, 6.45) is 0.981. The molecule has 18 heavy (non-hydrogen) atoms. The quantitative estimate of drug-likeness (QED) is 0.438. The molecule has 0 aliphatic rings. The molecule has 0 aromatic heterocycles. The lowest BCUT2D eigenvalue weighted by Crippen LogP contribution is -2.24. The minimum absolute atomic E-state index is 0.378. The van der Waals surface area contributed by atoms with Gasteiger partial charge in [-0.1, -0.05) is 31.2 Å². The lowest BCUT2D eigenvalue weighted by atomic mass is 10.2. The second-order valence-electron chi connectivity index (χ2n) is 4.33. The molecular formula is C15H20O3. The highest BCUT2D eigenvalue weighted by molar-refractivity contribution is 5.87. The van der Waals surface area contributed by atoms with Crippen molar-refractivity contribution in [3.63, 3.8) is 0 Å². The molecule has 1 unspecified atom stereocenters. The molecule has 0 aliphatic heterocycles. The van der Waals surface area contributed by atoms with E-state index < -0.39 is 12.3 Å². The highest BCUT2D eigenvalue weighted by atomic mass is 16.7. The van der Waals surface area contributed by atoms with Crippen molar-refractivity contribution < 1.29 is 14.3 Å². The van der Waals surface area contributed by atoms with Gasteiger partial charge in [0.05, 0.1) is 0 Å². The summed E-state index contributed by atoms with van der Waals surface area (Å²) in [5, 5.41) is 0. The van der Waals surface area contributed by atoms with Gasteiger partial charge in [-0.3, -0.25) is 0 Å². The van der Waals surface area contributed by atoms with Crippen LogP contribution < -0.4 is 4.74 Å². The molecule has 1 rings (SSSR count). The summed E-state index contributed by atoms with van der Waals surface area (Å²) in [4.78, 5) is 11.5. The zero-order chi connectivity index (χ0) is 13.5. The molecule has 1 aromatic rings. The molecule has 0 amide bonds. The monoisotopic (exact) mass is 248 g/mol. The van der Waals surface area contributed by atoms with Gasteiger partial charge in [-0.15, -0.1) is 0 Å². The maximum atomic E-state index is 11.5. The molecule has 0 fully saturated rings. The Morgan fingerprint density at radius 1 is 1.33 bits per heavy atom. The van der Waals surface area contributed by atoms with Crippen molar-refractivity contribution in [2.45, 2.75) is 39.9 Å². The lowest BCUT2D eigenvalue weighted by molar-refractivity contribution is -0.159. The summed E-state index contributed by atoms with van der Waals surface area (Å²) in [5.41, 5.74) is 1.54. The van der Waals surface area contributed by atoms with E-state index in [0.29, 0.717) is 17.7 Å². The summed E-state index contributed by atoms with van der Waals surface area (Å²) in [7, 11) is 0. The van der Waals surface area contributed by atoms with Crippen LogP contribution in [0, 0.1) is 6.92 Å². The van der Waals surface area contributed by atoms with E-state index in [1.54, 1.807) is 6.92 Å². The average Bonchev–Trinajstić information content (AvgIpc) is 2.32. The fourth-order valence-electron chi connectivity index (χ4n) is 1.37. The molecule has 0 saturated heterocycles. The molecule has 98 valence electrons. The average molecular weight is 248 g/mol. The summed E-state index contributed by atoms with van der Waals surface area (Å²) >= 11 is 0. The Balaban J connectivity index is 2.65. The zero-order valence-electron chi connectivity index (χ0n) is 11.2. The number of aryl methyl sites for hydroxylation is 1. The molecule has 0 radical (unpaired) electrons. The first kappa shape index (κ1) is 14.3. The second-order valence-corrected chi connectivity index (χ2v) is 4.33. The molecule has 0 aliphatic carbocycles. The van der Waals surface area contributed by atoms with Gasteiger partial charge in [0.25, 0.3) is 0 Å². The third-order valence-corrected chi connectivity index (χ3v) is 2.40. The molecule has 1 atom stereocenters. The van der Waals surface area contributed by atoms with Crippen molar-refractivity contribution in [1.82, 2.24) is 0 Å². The molecular weight excluding hydrogens is 228 g/mol. The van der Waals surface area contributed by atoms with Crippen LogP contribution in [0.2, 0.25) is 0 Å². The van der Waals surface area contributed by atoms with Crippen LogP contribution in [0.1, 0.15) is 32.3 Å². The Hall–Kier alpha value is -1.77. The largest absolute Gasteiger partial charge is 0.455 e. The maximum absolute atomic E-state index is 11.5. The Bertz CT molecular complexity index is 406. The molecule has 1 aromatic carbocycles. The predicted octanol–water partition coefficient (Wildman–Crippen LogP) is 3.62. The zero-order valence-corrected chi connectivity index (χ0v) is 11.2. The summed E-state index contributed by atoms with van der Waals surface area (Å²) in [5.74, 6) is 0.286. The Morgan fingerprint density at radius 3 is 2.44 bits per heavy atom. The van der Waals surface area contributed by atoms with E-state index >= 15 is 0 Å². The SMILES string of the molecule is C=C(C)C(=O)OC(CCC)Oc1ccc(C)cc1. The third kappa shape index (κ3) is 4.62. The Kier molecular flexibility index (Phi) is 5.43. The number of esters is 1. The van der Waals surface area contributed by atoms with Crippen LogP contribution in [0.4, 0.5) is 0 Å². The van der Waals surface area contributed by atoms with Crippen LogP contribution in [-0.4, -0.2) is 12.3 Å². The summed E-state index contributed by atoms with van der Waals surface area (Å²) in [6, 6.07) is 7.65. The van der Waals surface area contributed by atoms with E-state index in [1.807, 2.05) is 38.1 Å². The first-order chi connectivity index (χ1) is 8.52.